The highest BCUT2D eigenvalue weighted by molar-refractivity contribution is 7.18. The molecule has 2 aromatic heterocycles. The summed E-state index contributed by atoms with van der Waals surface area (Å²) in [4.78, 5) is 22.9. The van der Waals surface area contributed by atoms with Crippen molar-refractivity contribution in [1.82, 2.24) is 9.97 Å². The molecule has 3 aromatic carbocycles. The van der Waals surface area contributed by atoms with Gasteiger partial charge in [0.2, 0.25) is 0 Å². The van der Waals surface area contributed by atoms with Gasteiger partial charge in [-0.15, -0.1) is 11.3 Å². The number of oxazole rings is 1. The number of phenols is 2. The van der Waals surface area contributed by atoms with Crippen LogP contribution < -0.4 is 0 Å². The molecule has 7 rings (SSSR count). The highest BCUT2D eigenvalue weighted by Crippen LogP contribution is 2.44. The maximum atomic E-state index is 13.8. The second-order valence-electron chi connectivity index (χ2n) is 13.5. The predicted molar refractivity (Wildman–Crippen MR) is 196 cm³/mol. The molecule has 1 saturated heterocycles. The number of nitrogens with zero attached hydrogens (tertiary/aromatic N) is 2. The molecule has 0 spiro atoms. The Morgan fingerprint density at radius 2 is 1.69 bits per heavy atom. The normalized spacial score (nSPS) is 18.0. The van der Waals surface area contributed by atoms with E-state index in [0.717, 1.165) is 44.1 Å². The van der Waals surface area contributed by atoms with E-state index in [0.29, 0.717) is 76.4 Å². The molecule has 270 valence electrons. The molecule has 1 aliphatic carbocycles. The molecule has 0 bridgehead atoms. The van der Waals surface area contributed by atoms with Crippen LogP contribution in [-0.2, 0) is 35.0 Å². The van der Waals surface area contributed by atoms with Crippen LogP contribution in [0.2, 0.25) is 5.02 Å². The van der Waals surface area contributed by atoms with E-state index in [2.05, 4.69) is 4.98 Å². The summed E-state index contributed by atoms with van der Waals surface area (Å²) < 4.78 is 52.2. The molecule has 1 fully saturated rings. The van der Waals surface area contributed by atoms with Gasteiger partial charge in [0.25, 0.3) is 0 Å². The fourth-order valence-corrected chi connectivity index (χ4v) is 8.17. The molecule has 12 heteroatoms. The van der Waals surface area contributed by atoms with Crippen LogP contribution in [0.3, 0.4) is 0 Å². The lowest BCUT2D eigenvalue weighted by molar-refractivity contribution is -0.137. The second kappa shape index (κ2) is 13.5. The molecule has 1 aliphatic heterocycles. The molecule has 0 saturated carbocycles. The molecule has 0 amide bonds. The van der Waals surface area contributed by atoms with Gasteiger partial charge in [-0.25, -0.2) is 9.97 Å². The number of ketones is 1. The van der Waals surface area contributed by atoms with Crippen LogP contribution in [0.25, 0.3) is 27.4 Å². The maximum Gasteiger partial charge on any atom is 0.416 e. The number of thiazole rings is 1. The number of ether oxygens (including phenoxy) is 1. The monoisotopic (exact) mass is 748 g/mol. The molecular weight excluding hydrogens is 713 g/mol. The number of halogens is 4. The van der Waals surface area contributed by atoms with E-state index in [4.69, 9.17) is 25.7 Å². The minimum Gasteiger partial charge on any atom is -0.507 e. The third kappa shape index (κ3) is 6.66. The number of rotatable bonds is 9. The van der Waals surface area contributed by atoms with Gasteiger partial charge in [-0.05, 0) is 118 Å². The number of epoxide rings is 1. The van der Waals surface area contributed by atoms with Crippen molar-refractivity contribution in [2.24, 2.45) is 0 Å². The van der Waals surface area contributed by atoms with E-state index < -0.39 is 11.7 Å². The number of hydrogen-bond acceptors (Lipinski definition) is 8. The number of phenolic OH excluding ortho intramolecular Hbond substituents is 2. The Kier molecular flexibility index (Phi) is 9.34. The lowest BCUT2D eigenvalue weighted by Gasteiger charge is -2.13. The third-order valence-electron chi connectivity index (χ3n) is 10.3. The largest absolute Gasteiger partial charge is 0.507 e. The molecule has 2 aliphatic rings. The van der Waals surface area contributed by atoms with Crippen LogP contribution in [0, 0.1) is 20.8 Å². The number of benzene rings is 3. The van der Waals surface area contributed by atoms with Gasteiger partial charge in [-0.2, -0.15) is 13.2 Å². The van der Waals surface area contributed by atoms with Gasteiger partial charge >= 0.3 is 6.18 Å². The average Bonchev–Trinajstić information content (AvgIpc) is 3.64. The number of Topliss-reactive ketones (excluding diaryl/α,β-unsaturated/α-hetero) is 1. The standard InChI is InChI=1S/C40H36ClF3N2O5S/c1-18-19(2)36(48)25(20(3)35(18)47)9-7-11-34-46-30-17-28(41)23(15-32(30)52-34)14-27-21(4)37(49)26(22(5)38-39(27)51-38)8-6-10-33-45-29-16-24(40(42,43)44)12-13-31(29)50-33/h7,9,12-13,15-17,38-39,47-48H,6,8,10-11,14H2,1-5H3/b9-7+. The van der Waals surface area contributed by atoms with Crippen molar-refractivity contribution < 1.29 is 37.3 Å². The summed E-state index contributed by atoms with van der Waals surface area (Å²) in [5.74, 6) is 0.610. The summed E-state index contributed by atoms with van der Waals surface area (Å²) in [6.07, 6.45) is 1.13. The molecule has 52 heavy (non-hydrogen) atoms. The number of aryl methyl sites for hydroxylation is 1. The quantitative estimate of drug-likeness (QED) is 0.114. The van der Waals surface area contributed by atoms with E-state index in [1.807, 2.05) is 38.1 Å². The fraction of sp³-hybridized carbons (Fsp3) is 0.325. The van der Waals surface area contributed by atoms with Gasteiger partial charge in [0.15, 0.2) is 17.3 Å². The Morgan fingerprint density at radius 3 is 2.44 bits per heavy atom. The molecule has 2 atom stereocenters. The van der Waals surface area contributed by atoms with Crippen LogP contribution in [0.15, 0.2) is 63.1 Å². The van der Waals surface area contributed by atoms with Crippen LogP contribution in [0.1, 0.15) is 71.0 Å². The zero-order chi connectivity index (χ0) is 37.2. The molecule has 5 aromatic rings. The highest BCUT2D eigenvalue weighted by Gasteiger charge is 2.47. The van der Waals surface area contributed by atoms with Crippen molar-refractivity contribution in [2.45, 2.75) is 85.1 Å². The van der Waals surface area contributed by atoms with Crippen LogP contribution >= 0.6 is 22.9 Å². The minimum absolute atomic E-state index is 0.0434. The second-order valence-corrected chi connectivity index (χ2v) is 15.1. The number of carbonyl (C=O) groups excluding carboxylic acids is 1. The SMILES string of the molecule is CC1=C(Cc2cc3sc(C/C=C/c4c(C)c(O)c(C)c(C)c4O)nc3cc2Cl)C2OC2C(C)=C(CCCc2nc3cc(C(F)(F)F)ccc3o2)C1=O. The maximum absolute atomic E-state index is 13.8. The van der Waals surface area contributed by atoms with E-state index in [-0.39, 0.29) is 40.6 Å². The van der Waals surface area contributed by atoms with Crippen molar-refractivity contribution in [2.75, 3.05) is 0 Å². The predicted octanol–water partition coefficient (Wildman–Crippen LogP) is 10.3. The Labute approximate surface area is 307 Å². The van der Waals surface area contributed by atoms with Crippen molar-refractivity contribution in [3.63, 3.8) is 0 Å². The van der Waals surface area contributed by atoms with Crippen LogP contribution in [0.4, 0.5) is 13.2 Å². The van der Waals surface area contributed by atoms with E-state index in [9.17, 15) is 28.2 Å². The van der Waals surface area contributed by atoms with Crippen molar-refractivity contribution in [3.05, 3.63) is 108 Å². The summed E-state index contributed by atoms with van der Waals surface area (Å²) in [6, 6.07) is 7.10. The van der Waals surface area contributed by atoms with Crippen LogP contribution in [-0.4, -0.2) is 38.2 Å². The Bertz CT molecular complexity index is 2360. The summed E-state index contributed by atoms with van der Waals surface area (Å²) in [5.41, 5.74) is 6.88. The zero-order valence-corrected chi connectivity index (χ0v) is 30.7. The van der Waals surface area contributed by atoms with Gasteiger partial charge in [-0.3, -0.25) is 4.79 Å². The topological polar surface area (TPSA) is 109 Å². The van der Waals surface area contributed by atoms with Crippen LogP contribution in [0.5, 0.6) is 11.5 Å². The van der Waals surface area contributed by atoms with E-state index in [1.165, 1.54) is 6.07 Å². The molecular formula is C40H36ClF3N2O5S. The zero-order valence-electron chi connectivity index (χ0n) is 29.2. The van der Waals surface area contributed by atoms with Gasteiger partial charge in [0, 0.05) is 34.6 Å². The first-order valence-corrected chi connectivity index (χ1v) is 18.1. The number of hydrogen-bond donors (Lipinski definition) is 2. The van der Waals surface area contributed by atoms with Crippen molar-refractivity contribution in [1.29, 1.82) is 0 Å². The minimum atomic E-state index is -4.47. The van der Waals surface area contributed by atoms with Gasteiger partial charge in [-0.1, -0.05) is 23.8 Å². The van der Waals surface area contributed by atoms with Gasteiger partial charge < -0.3 is 19.4 Å². The number of allylic oxidation sites excluding steroid dienone is 3. The number of carbonyl (C=O) groups is 1. The number of aromatic hydroxyl groups is 2. The van der Waals surface area contributed by atoms with Gasteiger partial charge in [0.05, 0.1) is 20.8 Å². The summed E-state index contributed by atoms with van der Waals surface area (Å²) in [5, 5.41) is 22.5. The Balaban J connectivity index is 1.05. The molecule has 7 nitrogen and oxygen atoms in total. The molecule has 3 heterocycles. The van der Waals surface area contributed by atoms with E-state index in [1.54, 1.807) is 32.1 Å². The van der Waals surface area contributed by atoms with E-state index >= 15 is 0 Å². The first-order chi connectivity index (χ1) is 24.6. The summed E-state index contributed by atoms with van der Waals surface area (Å²) in [6.45, 7) is 9.08. The summed E-state index contributed by atoms with van der Waals surface area (Å²) >= 11 is 8.34. The first-order valence-electron chi connectivity index (χ1n) is 16.9. The Morgan fingerprint density at radius 1 is 0.942 bits per heavy atom. The molecule has 2 unspecified atom stereocenters. The van der Waals surface area contributed by atoms with Crippen molar-refractivity contribution >= 4 is 56.1 Å². The number of fused-ring (bicyclic) bond motifs is 3. The summed E-state index contributed by atoms with van der Waals surface area (Å²) in [7, 11) is 0. The lowest BCUT2D eigenvalue weighted by atomic mass is 9.93. The van der Waals surface area contributed by atoms with Crippen molar-refractivity contribution in [3.8, 4) is 11.5 Å². The molecule has 2 N–H and O–H groups in total. The van der Waals surface area contributed by atoms with Gasteiger partial charge in [0.1, 0.15) is 29.2 Å². The molecule has 0 radical (unpaired) electrons. The number of aromatic nitrogens is 2. The smallest absolute Gasteiger partial charge is 0.416 e. The fourth-order valence-electron chi connectivity index (χ4n) is 6.95. The number of alkyl halides is 3. The highest BCUT2D eigenvalue weighted by atomic mass is 35.5. The third-order valence-corrected chi connectivity index (χ3v) is 11.6. The Hall–Kier alpha value is -4.45. The first kappa shape index (κ1) is 35.9. The lowest BCUT2D eigenvalue weighted by Crippen LogP contribution is -2.10. The average molecular weight is 749 g/mol.